The van der Waals surface area contributed by atoms with Crippen LogP contribution in [0.3, 0.4) is 0 Å². The van der Waals surface area contributed by atoms with E-state index in [0.29, 0.717) is 17.2 Å². The molecule has 3 rings (SSSR count). The first kappa shape index (κ1) is 21.0. The number of fused-ring (bicyclic) bond motifs is 1. The summed E-state index contributed by atoms with van der Waals surface area (Å²) in [6.45, 7) is 3.12. The van der Waals surface area contributed by atoms with Crippen molar-refractivity contribution in [1.82, 2.24) is 9.66 Å². The molecule has 0 bridgehead atoms. The van der Waals surface area contributed by atoms with Crippen LogP contribution < -0.4 is 5.01 Å². The molecule has 2 aromatic heterocycles. The smallest absolute Gasteiger partial charge is 0.328 e. The minimum Gasteiger partial charge on any atom is -0.478 e. The molecule has 0 amide bonds. The van der Waals surface area contributed by atoms with Crippen LogP contribution in [0.25, 0.3) is 10.9 Å². The molecule has 0 spiro atoms. The van der Waals surface area contributed by atoms with Crippen molar-refractivity contribution in [2.45, 2.75) is 13.3 Å². The van der Waals surface area contributed by atoms with Gasteiger partial charge in [0.25, 0.3) is 0 Å². The normalized spacial score (nSPS) is 10.5. The Bertz CT molecular complexity index is 955. The number of carboxylic acid groups (broad SMARTS) is 2. The summed E-state index contributed by atoms with van der Waals surface area (Å²) < 4.78 is 2.10. The highest BCUT2D eigenvalue weighted by atomic mass is 35.5. The number of rotatable bonds is 6. The number of nitrogens with zero attached hydrogens (tertiary/aromatic N) is 3. The first-order valence-electron chi connectivity index (χ1n) is 8.51. The van der Waals surface area contributed by atoms with Crippen molar-refractivity contribution in [3.8, 4) is 0 Å². The van der Waals surface area contributed by atoms with Gasteiger partial charge in [0, 0.05) is 47.7 Å². The van der Waals surface area contributed by atoms with Crippen molar-refractivity contribution in [3.05, 3.63) is 72.2 Å². The highest BCUT2D eigenvalue weighted by Gasteiger charge is 2.11. The first-order valence-corrected chi connectivity index (χ1v) is 8.89. The van der Waals surface area contributed by atoms with E-state index in [1.54, 1.807) is 0 Å². The molecule has 0 aliphatic rings. The average molecular weight is 402 g/mol. The van der Waals surface area contributed by atoms with Gasteiger partial charge in [0.2, 0.25) is 0 Å². The number of carboxylic acids is 2. The van der Waals surface area contributed by atoms with Gasteiger partial charge in [-0.15, -0.1) is 0 Å². The second-order valence-electron chi connectivity index (χ2n) is 5.69. The number of carbonyl (C=O) groups is 2. The molecule has 1 aromatic carbocycles. The summed E-state index contributed by atoms with van der Waals surface area (Å²) in [5.41, 5.74) is 2.06. The maximum absolute atomic E-state index is 9.55. The third-order valence-corrected chi connectivity index (χ3v) is 3.87. The Kier molecular flexibility index (Phi) is 7.59. The van der Waals surface area contributed by atoms with E-state index >= 15 is 0 Å². The van der Waals surface area contributed by atoms with Crippen LogP contribution in [-0.2, 0) is 9.59 Å². The van der Waals surface area contributed by atoms with Gasteiger partial charge in [-0.1, -0.05) is 18.5 Å². The molecule has 3 aromatic rings. The number of hydrogen-bond acceptors (Lipinski definition) is 4. The van der Waals surface area contributed by atoms with Gasteiger partial charge in [-0.05, 0) is 42.8 Å². The summed E-state index contributed by atoms with van der Waals surface area (Å²) in [5.74, 6) is -2.51. The first-order chi connectivity index (χ1) is 13.4. The van der Waals surface area contributed by atoms with Crippen molar-refractivity contribution in [3.63, 3.8) is 0 Å². The number of aliphatic carboxylic acids is 2. The zero-order valence-electron chi connectivity index (χ0n) is 15.2. The van der Waals surface area contributed by atoms with E-state index in [-0.39, 0.29) is 0 Å². The fraction of sp³-hybridized carbons (Fsp3) is 0.150. The van der Waals surface area contributed by atoms with Crippen molar-refractivity contribution in [1.29, 1.82) is 0 Å². The van der Waals surface area contributed by atoms with Crippen LogP contribution in [0.4, 0.5) is 5.69 Å². The molecule has 0 fully saturated rings. The molecule has 28 heavy (non-hydrogen) atoms. The van der Waals surface area contributed by atoms with Crippen LogP contribution in [-0.4, -0.2) is 38.4 Å². The maximum atomic E-state index is 9.55. The van der Waals surface area contributed by atoms with E-state index in [1.807, 2.05) is 42.6 Å². The molecule has 2 heterocycles. The van der Waals surface area contributed by atoms with Crippen molar-refractivity contribution < 1.29 is 19.8 Å². The highest BCUT2D eigenvalue weighted by Crippen LogP contribution is 2.28. The molecule has 2 N–H and O–H groups in total. The van der Waals surface area contributed by atoms with Gasteiger partial charge in [-0.3, -0.25) is 14.7 Å². The number of aromatic nitrogens is 2. The lowest BCUT2D eigenvalue weighted by Crippen LogP contribution is -2.29. The Morgan fingerprint density at radius 3 is 2.36 bits per heavy atom. The minimum atomic E-state index is -1.26. The predicted octanol–water partition coefficient (Wildman–Crippen LogP) is 4.08. The Hall–Kier alpha value is -3.32. The lowest BCUT2D eigenvalue weighted by molar-refractivity contribution is -0.134. The molecule has 0 atom stereocenters. The zero-order valence-corrected chi connectivity index (χ0v) is 16.0. The van der Waals surface area contributed by atoms with Gasteiger partial charge in [0.05, 0.1) is 11.2 Å². The number of pyridine rings is 1. The second-order valence-corrected chi connectivity index (χ2v) is 6.12. The molecule has 7 nitrogen and oxygen atoms in total. The Morgan fingerprint density at radius 2 is 1.79 bits per heavy atom. The van der Waals surface area contributed by atoms with Gasteiger partial charge in [-0.25, -0.2) is 9.59 Å². The molecular weight excluding hydrogens is 382 g/mol. The molecular formula is C20H20ClN3O4. The van der Waals surface area contributed by atoms with Crippen molar-refractivity contribution in [2.75, 3.05) is 11.6 Å². The van der Waals surface area contributed by atoms with E-state index in [4.69, 9.17) is 21.8 Å². The molecule has 0 aliphatic carbocycles. The van der Waals surface area contributed by atoms with Gasteiger partial charge in [0.1, 0.15) is 0 Å². The van der Waals surface area contributed by atoms with E-state index in [2.05, 4.69) is 34.0 Å². The van der Waals surface area contributed by atoms with E-state index < -0.39 is 11.9 Å². The SMILES string of the molecule is CCCN(c1ccnc2cc(Cl)ccc12)n1cccc1.O=C(O)/C=C\C(=O)O. The van der Waals surface area contributed by atoms with Crippen LogP contribution in [0.2, 0.25) is 5.02 Å². The summed E-state index contributed by atoms with van der Waals surface area (Å²) in [6.07, 6.45) is 8.12. The number of halogens is 1. The van der Waals surface area contributed by atoms with Crippen LogP contribution in [0.1, 0.15) is 13.3 Å². The summed E-state index contributed by atoms with van der Waals surface area (Å²) in [4.78, 5) is 23.5. The largest absolute Gasteiger partial charge is 0.478 e. The van der Waals surface area contributed by atoms with Crippen molar-refractivity contribution >= 4 is 40.1 Å². The zero-order chi connectivity index (χ0) is 20.5. The fourth-order valence-electron chi connectivity index (χ4n) is 2.53. The summed E-state index contributed by atoms with van der Waals surface area (Å²) in [7, 11) is 0. The topological polar surface area (TPSA) is 95.7 Å². The standard InChI is InChI=1S/C16H16ClN3.C4H4O4/c1-2-9-20(19-10-3-4-11-19)16-7-8-18-15-12-13(17)5-6-14(15)16;5-3(6)1-2-4(7)8/h3-8,10-12H,2,9H2,1H3;1-2H,(H,5,6)(H,7,8)/b;2-1-. The van der Waals surface area contributed by atoms with Crippen LogP contribution >= 0.6 is 11.6 Å². The highest BCUT2D eigenvalue weighted by molar-refractivity contribution is 6.31. The molecule has 8 heteroatoms. The van der Waals surface area contributed by atoms with Crippen LogP contribution in [0.5, 0.6) is 0 Å². The van der Waals surface area contributed by atoms with Gasteiger partial charge >= 0.3 is 11.9 Å². The number of anilines is 1. The number of benzene rings is 1. The lowest BCUT2D eigenvalue weighted by atomic mass is 10.2. The Balaban J connectivity index is 0.000000300. The quantitative estimate of drug-likeness (QED) is 0.604. The van der Waals surface area contributed by atoms with Crippen LogP contribution in [0, 0.1) is 0 Å². The van der Waals surface area contributed by atoms with Gasteiger partial charge in [0.15, 0.2) is 0 Å². The molecule has 0 saturated heterocycles. The predicted molar refractivity (Wildman–Crippen MR) is 109 cm³/mol. The molecule has 146 valence electrons. The van der Waals surface area contributed by atoms with E-state index in [0.717, 1.165) is 29.6 Å². The van der Waals surface area contributed by atoms with Gasteiger partial charge < -0.3 is 10.2 Å². The maximum Gasteiger partial charge on any atom is 0.328 e. The monoisotopic (exact) mass is 401 g/mol. The van der Waals surface area contributed by atoms with Gasteiger partial charge in [-0.2, -0.15) is 0 Å². The third-order valence-electron chi connectivity index (χ3n) is 3.63. The molecule has 0 saturated carbocycles. The van der Waals surface area contributed by atoms with E-state index in [1.165, 1.54) is 0 Å². The number of hydrogen-bond donors (Lipinski definition) is 2. The summed E-state index contributed by atoms with van der Waals surface area (Å²) in [6, 6.07) is 12.0. The fourth-order valence-corrected chi connectivity index (χ4v) is 2.70. The Labute approximate surface area is 167 Å². The molecule has 0 aliphatic heterocycles. The minimum absolute atomic E-state index is 0.558. The summed E-state index contributed by atoms with van der Waals surface area (Å²) >= 11 is 6.05. The average Bonchev–Trinajstić information content (AvgIpc) is 3.19. The lowest BCUT2D eigenvalue weighted by Gasteiger charge is -2.26. The summed E-state index contributed by atoms with van der Waals surface area (Å²) in [5, 5.41) is 19.7. The van der Waals surface area contributed by atoms with Crippen LogP contribution in [0.15, 0.2) is 67.1 Å². The van der Waals surface area contributed by atoms with E-state index in [9.17, 15) is 9.59 Å². The van der Waals surface area contributed by atoms with Crippen molar-refractivity contribution in [2.24, 2.45) is 0 Å². The second kappa shape index (κ2) is 10.1. The molecule has 0 radical (unpaired) electrons. The Morgan fingerprint density at radius 1 is 1.14 bits per heavy atom. The third kappa shape index (κ3) is 5.85. The molecule has 0 unspecified atom stereocenters.